The fourth-order valence-electron chi connectivity index (χ4n) is 4.45. The van der Waals surface area contributed by atoms with Crippen LogP contribution in [-0.4, -0.2) is 34.2 Å². The largest absolute Gasteiger partial charge is 0.465 e. The summed E-state index contributed by atoms with van der Waals surface area (Å²) < 4.78 is 20.0. The topological polar surface area (TPSA) is 85.7 Å². The molecule has 7 nitrogen and oxygen atoms in total. The summed E-state index contributed by atoms with van der Waals surface area (Å²) in [6.07, 6.45) is 0. The van der Waals surface area contributed by atoms with Gasteiger partial charge in [-0.15, -0.1) is 0 Å². The molecule has 10 heteroatoms. The number of rotatable bonds is 5. The van der Waals surface area contributed by atoms with Crippen molar-refractivity contribution in [3.05, 3.63) is 80.5 Å². The predicted octanol–water partition coefficient (Wildman–Crippen LogP) is 3.41. The van der Waals surface area contributed by atoms with Gasteiger partial charge in [0.1, 0.15) is 17.6 Å². The molecule has 0 saturated carbocycles. The van der Waals surface area contributed by atoms with Crippen LogP contribution >= 0.6 is 23.1 Å². The fraction of sp³-hybridized carbons (Fsp3) is 0.250. The smallest absolute Gasteiger partial charge is 0.326 e. The van der Waals surface area contributed by atoms with Crippen molar-refractivity contribution in [2.75, 3.05) is 11.5 Å². The maximum absolute atomic E-state index is 13.7. The summed E-state index contributed by atoms with van der Waals surface area (Å²) in [5.41, 5.74) is 1.09. The Labute approximate surface area is 202 Å². The number of benzene rings is 2. The highest BCUT2D eigenvalue weighted by molar-refractivity contribution is 8.00. The van der Waals surface area contributed by atoms with Gasteiger partial charge in [0.15, 0.2) is 0 Å². The third-order valence-corrected chi connectivity index (χ3v) is 8.49. The van der Waals surface area contributed by atoms with E-state index in [1.165, 1.54) is 21.6 Å². The van der Waals surface area contributed by atoms with E-state index in [-0.39, 0.29) is 29.8 Å². The van der Waals surface area contributed by atoms with Gasteiger partial charge in [-0.2, -0.15) is 0 Å². The molecule has 5 rings (SSSR count). The zero-order chi connectivity index (χ0) is 24.0. The minimum Gasteiger partial charge on any atom is -0.465 e. The molecule has 2 amide bonds. The highest BCUT2D eigenvalue weighted by Crippen LogP contribution is 2.53. The zero-order valence-electron chi connectivity index (χ0n) is 18.0. The number of hydrogen-bond donors (Lipinski definition) is 0. The quantitative estimate of drug-likeness (QED) is 0.396. The number of fused-ring (bicyclic) bond motifs is 2. The summed E-state index contributed by atoms with van der Waals surface area (Å²) in [6.45, 7) is 1.56. The molecular weight excluding hydrogens is 479 g/mol. The minimum atomic E-state index is -0.794. The average molecular weight is 499 g/mol. The molecule has 3 heterocycles. The van der Waals surface area contributed by atoms with Crippen LogP contribution < -0.4 is 9.77 Å². The van der Waals surface area contributed by atoms with Gasteiger partial charge in [-0.25, -0.2) is 9.29 Å². The van der Waals surface area contributed by atoms with Gasteiger partial charge >= 0.3 is 10.8 Å². The molecule has 3 aromatic rings. The monoisotopic (exact) mass is 498 g/mol. The van der Waals surface area contributed by atoms with Crippen molar-refractivity contribution < 1.29 is 23.5 Å². The first-order valence-corrected chi connectivity index (χ1v) is 12.3. The second-order valence-corrected chi connectivity index (χ2v) is 9.99. The number of ether oxygens (including phenoxy) is 1. The number of carbonyl (C=O) groups is 3. The van der Waals surface area contributed by atoms with E-state index in [0.29, 0.717) is 21.2 Å². The van der Waals surface area contributed by atoms with Gasteiger partial charge in [0.2, 0.25) is 11.8 Å². The highest BCUT2D eigenvalue weighted by Gasteiger charge is 2.56. The molecule has 0 bridgehead atoms. The molecule has 1 fully saturated rings. The van der Waals surface area contributed by atoms with Crippen LogP contribution in [0.2, 0.25) is 0 Å². The molecule has 2 aromatic carbocycles. The Balaban J connectivity index is 1.65. The van der Waals surface area contributed by atoms with Crippen LogP contribution in [-0.2, 0) is 25.7 Å². The number of amides is 2. The van der Waals surface area contributed by atoms with Crippen molar-refractivity contribution in [1.29, 1.82) is 0 Å². The Bertz CT molecular complexity index is 1340. The van der Waals surface area contributed by atoms with Crippen LogP contribution in [0.5, 0.6) is 0 Å². The molecule has 3 unspecified atom stereocenters. The third kappa shape index (κ3) is 3.67. The number of thiazole rings is 1. The number of hydrogen-bond acceptors (Lipinski definition) is 7. The molecule has 1 saturated heterocycles. The Morgan fingerprint density at radius 1 is 1.03 bits per heavy atom. The van der Waals surface area contributed by atoms with Gasteiger partial charge < -0.3 is 4.74 Å². The normalized spacial score (nSPS) is 21.4. The van der Waals surface area contributed by atoms with Crippen molar-refractivity contribution in [2.24, 2.45) is 5.92 Å². The lowest BCUT2D eigenvalue weighted by Gasteiger charge is -2.30. The zero-order valence-corrected chi connectivity index (χ0v) is 19.6. The van der Waals surface area contributed by atoms with Crippen molar-refractivity contribution >= 4 is 46.6 Å². The summed E-state index contributed by atoms with van der Waals surface area (Å²) in [6, 6.07) is 14.4. The molecule has 0 N–H and O–H groups in total. The van der Waals surface area contributed by atoms with Crippen LogP contribution in [0.3, 0.4) is 0 Å². The number of thioether (sulfide) groups is 1. The maximum Gasteiger partial charge on any atom is 0.326 e. The van der Waals surface area contributed by atoms with Crippen molar-refractivity contribution in [3.63, 3.8) is 0 Å². The molecule has 2 aliphatic rings. The van der Waals surface area contributed by atoms with Crippen LogP contribution in [0.15, 0.2) is 64.4 Å². The summed E-state index contributed by atoms with van der Waals surface area (Å²) >= 11 is 2.06. The number of carbonyl (C=O) groups excluding carboxylic acids is 3. The van der Waals surface area contributed by atoms with E-state index >= 15 is 0 Å². The molecular formula is C24H19FN2O5S2. The Morgan fingerprint density at radius 2 is 1.74 bits per heavy atom. The Morgan fingerprint density at radius 3 is 2.41 bits per heavy atom. The lowest BCUT2D eigenvalue weighted by atomic mass is 9.83. The van der Waals surface area contributed by atoms with E-state index in [1.807, 2.05) is 0 Å². The van der Waals surface area contributed by atoms with Gasteiger partial charge in [0.25, 0.3) is 0 Å². The van der Waals surface area contributed by atoms with Crippen molar-refractivity contribution in [3.8, 4) is 0 Å². The number of aromatic nitrogens is 1. The first-order valence-electron chi connectivity index (χ1n) is 10.6. The molecule has 0 spiro atoms. The number of imide groups is 1. The SMILES string of the molecule is CCOC(=O)Cn1c2c(sc1=O)C(c1ccc(F)cc1)C1C(=O)N(c3ccccc3)C(=O)C1S2. The number of para-hydroxylation sites is 1. The highest BCUT2D eigenvalue weighted by atomic mass is 32.2. The van der Waals surface area contributed by atoms with E-state index in [2.05, 4.69) is 0 Å². The van der Waals surface area contributed by atoms with Gasteiger partial charge in [-0.3, -0.25) is 23.7 Å². The van der Waals surface area contributed by atoms with Crippen LogP contribution in [0.4, 0.5) is 10.1 Å². The third-order valence-electron chi connectivity index (χ3n) is 5.89. The molecule has 2 aliphatic heterocycles. The summed E-state index contributed by atoms with van der Waals surface area (Å²) in [5, 5.41) is -0.326. The fourth-order valence-corrected chi connectivity index (χ4v) is 7.23. The van der Waals surface area contributed by atoms with E-state index < -0.39 is 28.9 Å². The van der Waals surface area contributed by atoms with Crippen molar-refractivity contribution in [1.82, 2.24) is 4.57 Å². The number of halogens is 1. The molecule has 34 heavy (non-hydrogen) atoms. The summed E-state index contributed by atoms with van der Waals surface area (Å²) in [7, 11) is 0. The lowest BCUT2D eigenvalue weighted by molar-refractivity contribution is -0.144. The minimum absolute atomic E-state index is 0.176. The maximum atomic E-state index is 13.7. The summed E-state index contributed by atoms with van der Waals surface area (Å²) in [5.74, 6) is -3.15. The second kappa shape index (κ2) is 8.84. The van der Waals surface area contributed by atoms with Crippen LogP contribution in [0.1, 0.15) is 23.3 Å². The number of esters is 1. The van der Waals surface area contributed by atoms with E-state index in [4.69, 9.17) is 4.74 Å². The first kappa shape index (κ1) is 22.5. The van der Waals surface area contributed by atoms with Crippen LogP contribution in [0.25, 0.3) is 0 Å². The second-order valence-electron chi connectivity index (χ2n) is 7.87. The lowest BCUT2D eigenvalue weighted by Crippen LogP contribution is -2.32. The molecule has 0 aliphatic carbocycles. The van der Waals surface area contributed by atoms with E-state index in [0.717, 1.165) is 23.1 Å². The summed E-state index contributed by atoms with van der Waals surface area (Å²) in [4.78, 5) is 53.5. The Hall–Kier alpha value is -3.24. The van der Waals surface area contributed by atoms with E-state index in [9.17, 15) is 23.6 Å². The Kier molecular flexibility index (Phi) is 5.86. The average Bonchev–Trinajstić information content (AvgIpc) is 3.26. The van der Waals surface area contributed by atoms with Crippen molar-refractivity contribution in [2.45, 2.75) is 29.7 Å². The van der Waals surface area contributed by atoms with Gasteiger partial charge in [0.05, 0.1) is 23.2 Å². The standard InChI is InChI=1S/C24H19FN2O5S2/c1-2-32-16(28)12-26-23-20(34-24(26)31)17(13-8-10-14(25)11-9-13)18-19(33-23)22(30)27(21(18)29)15-6-4-3-5-7-15/h3-11,17-19H,2,12H2,1H3. The van der Waals surface area contributed by atoms with Gasteiger partial charge in [-0.05, 0) is 36.8 Å². The number of anilines is 1. The molecule has 1 aromatic heterocycles. The van der Waals surface area contributed by atoms with E-state index in [1.54, 1.807) is 49.4 Å². The molecule has 0 radical (unpaired) electrons. The van der Waals surface area contributed by atoms with Gasteiger partial charge in [-0.1, -0.05) is 53.4 Å². The first-order chi connectivity index (χ1) is 16.4. The number of nitrogens with zero attached hydrogens (tertiary/aromatic N) is 2. The molecule has 174 valence electrons. The predicted molar refractivity (Wildman–Crippen MR) is 126 cm³/mol. The van der Waals surface area contributed by atoms with Gasteiger partial charge in [0, 0.05) is 10.8 Å². The molecule has 3 atom stereocenters. The van der Waals surface area contributed by atoms with Crippen LogP contribution in [0, 0.1) is 11.7 Å².